The Bertz CT molecular complexity index is 518. The van der Waals surface area contributed by atoms with Crippen molar-refractivity contribution in [3.63, 3.8) is 0 Å². The maximum absolute atomic E-state index is 12.4. The van der Waals surface area contributed by atoms with Crippen molar-refractivity contribution < 1.29 is 13.2 Å². The predicted octanol–water partition coefficient (Wildman–Crippen LogP) is 2.23. The molecule has 100 valence electrons. The molecule has 1 aliphatic rings. The highest BCUT2D eigenvalue weighted by atomic mass is 35.5. The molecule has 18 heavy (non-hydrogen) atoms. The van der Waals surface area contributed by atoms with E-state index in [9.17, 15) is 8.42 Å². The number of hydrogen-bond donors (Lipinski definition) is 0. The maximum atomic E-state index is 12.4. The van der Waals surface area contributed by atoms with Crippen molar-refractivity contribution in [1.82, 2.24) is 0 Å². The number of alkyl halides is 1. The minimum absolute atomic E-state index is 0.0852. The minimum atomic E-state index is -3.43. The van der Waals surface area contributed by atoms with Crippen molar-refractivity contribution in [3.8, 4) is 5.75 Å². The first kappa shape index (κ1) is 13.5. The molecule has 0 N–H and O–H groups in total. The van der Waals surface area contributed by atoms with Crippen molar-refractivity contribution in [2.75, 3.05) is 23.3 Å². The van der Waals surface area contributed by atoms with Gasteiger partial charge < -0.3 is 4.74 Å². The van der Waals surface area contributed by atoms with Crippen molar-refractivity contribution in [1.29, 1.82) is 0 Å². The van der Waals surface area contributed by atoms with Crippen LogP contribution in [-0.4, -0.2) is 32.7 Å². The summed E-state index contributed by atoms with van der Waals surface area (Å²) in [7, 11) is -3.43. The van der Waals surface area contributed by atoms with Gasteiger partial charge in [-0.1, -0.05) is 12.1 Å². The lowest BCUT2D eigenvalue weighted by Gasteiger charge is -2.26. The highest BCUT2D eigenvalue weighted by Gasteiger charge is 2.31. The number of fused-ring (bicyclic) bond motifs is 1. The van der Waals surface area contributed by atoms with E-state index in [2.05, 4.69) is 0 Å². The first-order valence-electron chi connectivity index (χ1n) is 5.86. The third kappa shape index (κ3) is 2.42. The number of anilines is 1. The van der Waals surface area contributed by atoms with Gasteiger partial charge in [0.1, 0.15) is 5.75 Å². The first-order chi connectivity index (χ1) is 8.57. The summed E-state index contributed by atoms with van der Waals surface area (Å²) in [6.45, 7) is 2.58. The number of nitrogens with zero attached hydrogens (tertiary/aromatic N) is 1. The van der Waals surface area contributed by atoms with Gasteiger partial charge in [0.15, 0.2) is 0 Å². The molecule has 1 aromatic carbocycles. The van der Waals surface area contributed by atoms with Gasteiger partial charge in [-0.15, -0.1) is 11.6 Å². The van der Waals surface area contributed by atoms with Crippen LogP contribution in [-0.2, 0) is 10.0 Å². The van der Waals surface area contributed by atoms with Crippen LogP contribution in [0.2, 0.25) is 0 Å². The van der Waals surface area contributed by atoms with Crippen molar-refractivity contribution in [2.45, 2.75) is 18.6 Å². The quantitative estimate of drug-likeness (QED) is 0.802. The Morgan fingerprint density at radius 3 is 2.89 bits per heavy atom. The van der Waals surface area contributed by atoms with E-state index in [0.717, 1.165) is 0 Å². The molecule has 1 unspecified atom stereocenters. The molecular weight excluding hydrogens is 274 g/mol. The molecule has 4 nitrogen and oxygen atoms in total. The van der Waals surface area contributed by atoms with E-state index < -0.39 is 15.3 Å². The molecule has 1 heterocycles. The van der Waals surface area contributed by atoms with Crippen LogP contribution in [0.5, 0.6) is 5.75 Å². The minimum Gasteiger partial charge on any atom is -0.491 e. The number of sulfonamides is 1. The molecule has 0 aliphatic carbocycles. The monoisotopic (exact) mass is 289 g/mol. The smallest absolute Gasteiger partial charge is 0.239 e. The fourth-order valence-corrected chi connectivity index (χ4v) is 3.74. The van der Waals surface area contributed by atoms with Gasteiger partial charge in [0.25, 0.3) is 0 Å². The molecule has 0 saturated carbocycles. The van der Waals surface area contributed by atoms with E-state index in [1.54, 1.807) is 25.1 Å². The second kappa shape index (κ2) is 5.36. The van der Waals surface area contributed by atoms with Gasteiger partial charge in [0.2, 0.25) is 10.0 Å². The summed E-state index contributed by atoms with van der Waals surface area (Å²) in [5.74, 6) is 0.697. The number of ether oxygens (including phenoxy) is 1. The Balaban J connectivity index is 2.45. The topological polar surface area (TPSA) is 46.6 Å². The van der Waals surface area contributed by atoms with Crippen molar-refractivity contribution >= 4 is 27.3 Å². The van der Waals surface area contributed by atoms with Crippen LogP contribution in [0.15, 0.2) is 24.3 Å². The van der Waals surface area contributed by atoms with Gasteiger partial charge in [-0.3, -0.25) is 4.31 Å². The second-order valence-electron chi connectivity index (χ2n) is 4.25. The van der Waals surface area contributed by atoms with Crippen molar-refractivity contribution in [2.24, 2.45) is 0 Å². The van der Waals surface area contributed by atoms with Crippen LogP contribution in [0.3, 0.4) is 0 Å². The summed E-state index contributed by atoms with van der Waals surface area (Å²) in [6.07, 6.45) is 0.670. The molecule has 1 aromatic rings. The number of halogens is 1. The van der Waals surface area contributed by atoms with E-state index in [0.29, 0.717) is 31.0 Å². The molecule has 0 fully saturated rings. The van der Waals surface area contributed by atoms with Crippen LogP contribution in [0.4, 0.5) is 5.69 Å². The molecule has 1 aliphatic heterocycles. The Hall–Kier alpha value is -0.940. The van der Waals surface area contributed by atoms with Gasteiger partial charge in [-0.25, -0.2) is 8.42 Å². The molecule has 1 atom stereocenters. The van der Waals surface area contributed by atoms with E-state index in [-0.39, 0.29) is 5.88 Å². The zero-order valence-electron chi connectivity index (χ0n) is 10.2. The van der Waals surface area contributed by atoms with Gasteiger partial charge in [0, 0.05) is 18.8 Å². The van der Waals surface area contributed by atoms with E-state index in [1.165, 1.54) is 4.31 Å². The normalized spacial score (nSPS) is 17.6. The Kier molecular flexibility index (Phi) is 4.02. The zero-order chi connectivity index (χ0) is 13.2. The average molecular weight is 290 g/mol. The van der Waals surface area contributed by atoms with Crippen molar-refractivity contribution in [3.05, 3.63) is 24.3 Å². The summed E-state index contributed by atoms with van der Waals surface area (Å²) in [5, 5.41) is -0.606. The lowest BCUT2D eigenvalue weighted by molar-refractivity contribution is 0.322. The largest absolute Gasteiger partial charge is 0.491 e. The van der Waals surface area contributed by atoms with Gasteiger partial charge in [0.05, 0.1) is 17.5 Å². The SMILES string of the molecule is CC(CCl)S(=O)(=O)N1CCCOc2ccccc21. The van der Waals surface area contributed by atoms with Crippen LogP contribution in [0.25, 0.3) is 0 Å². The van der Waals surface area contributed by atoms with Gasteiger partial charge in [-0.05, 0) is 19.1 Å². The Morgan fingerprint density at radius 1 is 1.44 bits per heavy atom. The summed E-state index contributed by atoms with van der Waals surface area (Å²) in [6, 6.07) is 7.19. The lowest BCUT2D eigenvalue weighted by Crippen LogP contribution is -2.38. The zero-order valence-corrected chi connectivity index (χ0v) is 11.7. The number of benzene rings is 1. The van der Waals surface area contributed by atoms with Crippen LogP contribution >= 0.6 is 11.6 Å². The van der Waals surface area contributed by atoms with Crippen LogP contribution in [0, 0.1) is 0 Å². The first-order valence-corrected chi connectivity index (χ1v) is 7.90. The summed E-state index contributed by atoms with van der Waals surface area (Å²) in [5.41, 5.74) is 0.604. The number of para-hydroxylation sites is 2. The predicted molar refractivity (Wildman–Crippen MR) is 73.0 cm³/mol. The molecule has 6 heteroatoms. The standard InChI is InChI=1S/C12H16ClNO3S/c1-10(9-13)18(15,16)14-7-4-8-17-12-6-3-2-5-11(12)14/h2-3,5-6,10H,4,7-9H2,1H3. The van der Waals surface area contributed by atoms with Gasteiger partial charge >= 0.3 is 0 Å². The van der Waals surface area contributed by atoms with E-state index >= 15 is 0 Å². The fraction of sp³-hybridized carbons (Fsp3) is 0.500. The average Bonchev–Trinajstić information content (AvgIpc) is 2.60. The number of rotatable bonds is 3. The molecule has 0 aromatic heterocycles. The Labute approximate surface area is 113 Å². The highest BCUT2D eigenvalue weighted by molar-refractivity contribution is 7.93. The summed E-state index contributed by atoms with van der Waals surface area (Å²) in [4.78, 5) is 0. The molecule has 0 spiro atoms. The molecule has 2 rings (SSSR count). The van der Waals surface area contributed by atoms with E-state index in [4.69, 9.17) is 16.3 Å². The molecule has 0 saturated heterocycles. The molecule has 0 amide bonds. The molecule has 0 bridgehead atoms. The van der Waals surface area contributed by atoms with Crippen LogP contribution in [0.1, 0.15) is 13.3 Å². The second-order valence-corrected chi connectivity index (χ2v) is 6.84. The maximum Gasteiger partial charge on any atom is 0.239 e. The summed E-state index contributed by atoms with van der Waals surface area (Å²) < 4.78 is 31.8. The highest BCUT2D eigenvalue weighted by Crippen LogP contribution is 2.33. The lowest BCUT2D eigenvalue weighted by atomic mass is 10.3. The molecular formula is C12H16ClNO3S. The molecule has 0 radical (unpaired) electrons. The number of hydrogen-bond acceptors (Lipinski definition) is 3. The fourth-order valence-electron chi connectivity index (χ4n) is 1.86. The van der Waals surface area contributed by atoms with Crippen LogP contribution < -0.4 is 9.04 Å². The third-order valence-electron chi connectivity index (χ3n) is 2.93. The van der Waals surface area contributed by atoms with Gasteiger partial charge in [-0.2, -0.15) is 0 Å². The summed E-state index contributed by atoms with van der Waals surface area (Å²) >= 11 is 5.69. The Morgan fingerprint density at radius 2 is 2.17 bits per heavy atom. The third-order valence-corrected chi connectivity index (χ3v) is 5.75. The van der Waals surface area contributed by atoms with E-state index in [1.807, 2.05) is 6.07 Å².